The number of carbonyl (C=O) groups excluding carboxylic acids is 3. The number of nitrogens with zero attached hydrogens (tertiary/aromatic N) is 2. The first-order valence-corrected chi connectivity index (χ1v) is 10.9. The molecule has 1 unspecified atom stereocenters. The second kappa shape index (κ2) is 9.39. The van der Waals surface area contributed by atoms with Crippen molar-refractivity contribution >= 4 is 18.0 Å². The van der Waals surface area contributed by atoms with Gasteiger partial charge in [-0.15, -0.1) is 0 Å². The molecule has 2 heterocycles. The molecule has 1 fully saturated rings. The maximum atomic E-state index is 14.1. The van der Waals surface area contributed by atoms with Gasteiger partial charge in [0.15, 0.2) is 0 Å². The fourth-order valence-electron chi connectivity index (χ4n) is 4.45. The number of methoxy groups -OCH3 is 2. The number of carbonyl (C=O) groups is 3. The van der Waals surface area contributed by atoms with Gasteiger partial charge in [0.25, 0.3) is 5.91 Å². The Kier molecular flexibility index (Phi) is 6.97. The molecule has 2 amide bonds. The van der Waals surface area contributed by atoms with Crippen LogP contribution in [0.4, 0.5) is 4.79 Å². The summed E-state index contributed by atoms with van der Waals surface area (Å²) in [5, 5.41) is 0. The van der Waals surface area contributed by atoms with Gasteiger partial charge in [0, 0.05) is 23.9 Å². The molecular formula is C25H32N2O6. The number of hydrogen-bond acceptors (Lipinski definition) is 6. The molecule has 0 spiro atoms. The van der Waals surface area contributed by atoms with Crippen LogP contribution in [0.15, 0.2) is 54.4 Å². The first-order valence-electron chi connectivity index (χ1n) is 10.9. The maximum absolute atomic E-state index is 14.1. The van der Waals surface area contributed by atoms with E-state index in [1.165, 1.54) is 31.5 Å². The molecule has 1 saturated heterocycles. The summed E-state index contributed by atoms with van der Waals surface area (Å²) in [7, 11) is 2.58. The number of rotatable bonds is 5. The average molecular weight is 457 g/mol. The van der Waals surface area contributed by atoms with Crippen LogP contribution in [0.25, 0.3) is 0 Å². The molecule has 1 aromatic rings. The summed E-state index contributed by atoms with van der Waals surface area (Å²) in [6.45, 7) is 7.50. The number of amides is 2. The molecule has 0 aromatic heterocycles. The van der Waals surface area contributed by atoms with Crippen molar-refractivity contribution in [3.8, 4) is 0 Å². The topological polar surface area (TPSA) is 85.4 Å². The minimum atomic E-state index is -1.05. The van der Waals surface area contributed by atoms with Crippen LogP contribution in [0.3, 0.4) is 0 Å². The van der Waals surface area contributed by atoms with Crippen LogP contribution in [-0.2, 0) is 30.2 Å². The summed E-state index contributed by atoms with van der Waals surface area (Å²) in [5.74, 6) is -1.38. The van der Waals surface area contributed by atoms with Gasteiger partial charge >= 0.3 is 12.1 Å². The van der Waals surface area contributed by atoms with Crippen molar-refractivity contribution in [1.82, 2.24) is 9.80 Å². The molecule has 2 atom stereocenters. The summed E-state index contributed by atoms with van der Waals surface area (Å²) < 4.78 is 15.8. The van der Waals surface area contributed by atoms with Crippen molar-refractivity contribution in [1.29, 1.82) is 0 Å². The number of allylic oxidation sites excluding steroid dienone is 1. The van der Waals surface area contributed by atoms with Gasteiger partial charge in [0.05, 0.1) is 32.3 Å². The van der Waals surface area contributed by atoms with E-state index in [9.17, 15) is 14.4 Å². The lowest BCUT2D eigenvalue weighted by atomic mass is 9.73. The van der Waals surface area contributed by atoms with E-state index in [1.807, 2.05) is 44.2 Å². The Balaban J connectivity index is 2.01. The normalized spacial score (nSPS) is 22.1. The Labute approximate surface area is 194 Å². The third-order valence-corrected chi connectivity index (χ3v) is 6.28. The third kappa shape index (κ3) is 4.80. The second-order valence-electron chi connectivity index (χ2n) is 9.27. The third-order valence-electron chi connectivity index (χ3n) is 6.28. The first kappa shape index (κ1) is 24.5. The smallest absolute Gasteiger partial charge is 0.417 e. The molecule has 0 saturated carbocycles. The van der Waals surface area contributed by atoms with Crippen LogP contribution < -0.4 is 0 Å². The van der Waals surface area contributed by atoms with Crippen molar-refractivity contribution in [3.05, 3.63) is 59.9 Å². The number of esters is 1. The summed E-state index contributed by atoms with van der Waals surface area (Å²) in [5.41, 5.74) is -0.542. The first-order chi connectivity index (χ1) is 15.5. The highest BCUT2D eigenvalue weighted by molar-refractivity contribution is 5.97. The molecule has 2 aliphatic heterocycles. The van der Waals surface area contributed by atoms with E-state index in [2.05, 4.69) is 0 Å². The molecule has 0 N–H and O–H groups in total. The quantitative estimate of drug-likeness (QED) is 0.631. The molecule has 8 nitrogen and oxygen atoms in total. The monoisotopic (exact) mass is 456 g/mol. The highest BCUT2D eigenvalue weighted by Crippen LogP contribution is 2.40. The average Bonchev–Trinajstić information content (AvgIpc) is 3.11. The number of hydrogen-bond donors (Lipinski definition) is 0. The van der Waals surface area contributed by atoms with Gasteiger partial charge < -0.3 is 19.1 Å². The summed E-state index contributed by atoms with van der Waals surface area (Å²) >= 11 is 0. The van der Waals surface area contributed by atoms with Crippen molar-refractivity contribution in [2.75, 3.05) is 20.8 Å². The fourth-order valence-corrected chi connectivity index (χ4v) is 4.45. The van der Waals surface area contributed by atoms with Crippen LogP contribution in [0.1, 0.15) is 33.3 Å². The van der Waals surface area contributed by atoms with E-state index < -0.39 is 29.1 Å². The minimum Gasteiger partial charge on any atom is -0.469 e. The van der Waals surface area contributed by atoms with Gasteiger partial charge in [0.2, 0.25) is 0 Å². The van der Waals surface area contributed by atoms with Crippen molar-refractivity contribution < 1.29 is 28.6 Å². The lowest BCUT2D eigenvalue weighted by Crippen LogP contribution is -2.51. The molecule has 0 aliphatic carbocycles. The largest absolute Gasteiger partial charge is 0.469 e. The van der Waals surface area contributed by atoms with Crippen LogP contribution in [0.2, 0.25) is 0 Å². The van der Waals surface area contributed by atoms with E-state index in [0.29, 0.717) is 13.0 Å². The Hall–Kier alpha value is -3.13. The van der Waals surface area contributed by atoms with Gasteiger partial charge in [-0.05, 0) is 39.7 Å². The Morgan fingerprint density at radius 1 is 1.12 bits per heavy atom. The SMILES string of the molecule is COC(=O)N1C=CC(C(C)(C)C(=O)OC)C(C(=O)N2[C@@H](Cc3ccccc3)COC2(C)C)=C1. The summed E-state index contributed by atoms with van der Waals surface area (Å²) in [4.78, 5) is 41.8. The molecule has 0 radical (unpaired) electrons. The molecule has 33 heavy (non-hydrogen) atoms. The predicted octanol–water partition coefficient (Wildman–Crippen LogP) is 3.49. The van der Waals surface area contributed by atoms with Crippen molar-refractivity contribution in [2.45, 2.75) is 45.9 Å². The van der Waals surface area contributed by atoms with Gasteiger partial charge in [-0.3, -0.25) is 14.5 Å². The predicted molar refractivity (Wildman–Crippen MR) is 122 cm³/mol. The molecule has 8 heteroatoms. The van der Waals surface area contributed by atoms with Gasteiger partial charge in [-0.1, -0.05) is 36.4 Å². The summed E-state index contributed by atoms with van der Waals surface area (Å²) in [6, 6.07) is 9.68. The van der Waals surface area contributed by atoms with E-state index in [1.54, 1.807) is 24.8 Å². The number of benzene rings is 1. The molecule has 3 rings (SSSR count). The zero-order valence-electron chi connectivity index (χ0n) is 20.0. The molecule has 2 aliphatic rings. The maximum Gasteiger partial charge on any atom is 0.417 e. The van der Waals surface area contributed by atoms with Gasteiger partial charge in [-0.2, -0.15) is 0 Å². The summed E-state index contributed by atoms with van der Waals surface area (Å²) in [6.07, 6.45) is 4.59. The van der Waals surface area contributed by atoms with E-state index in [-0.39, 0.29) is 17.5 Å². The van der Waals surface area contributed by atoms with E-state index in [0.717, 1.165) is 5.56 Å². The molecule has 1 aromatic carbocycles. The standard InChI is InChI=1S/C25H32N2O6/c1-24(2,22(29)31-5)20-12-13-26(23(30)32-6)15-19(20)21(28)27-18(16-33-25(27,3)4)14-17-10-8-7-9-11-17/h7-13,15,18,20H,14,16H2,1-6H3/t18-,20?/m0/s1. The lowest BCUT2D eigenvalue weighted by Gasteiger charge is -2.39. The van der Waals surface area contributed by atoms with Crippen LogP contribution in [0, 0.1) is 11.3 Å². The second-order valence-corrected chi connectivity index (χ2v) is 9.27. The highest BCUT2D eigenvalue weighted by Gasteiger charge is 2.49. The Morgan fingerprint density at radius 2 is 1.79 bits per heavy atom. The van der Waals surface area contributed by atoms with Crippen LogP contribution in [0.5, 0.6) is 0 Å². The van der Waals surface area contributed by atoms with E-state index >= 15 is 0 Å². The highest BCUT2D eigenvalue weighted by atomic mass is 16.5. The van der Waals surface area contributed by atoms with Crippen LogP contribution in [-0.4, -0.2) is 60.4 Å². The van der Waals surface area contributed by atoms with Crippen molar-refractivity contribution in [2.24, 2.45) is 11.3 Å². The number of ether oxygens (including phenoxy) is 3. The molecular weight excluding hydrogens is 424 g/mol. The zero-order valence-corrected chi connectivity index (χ0v) is 20.0. The zero-order chi connectivity index (χ0) is 24.4. The van der Waals surface area contributed by atoms with Gasteiger partial charge in [-0.25, -0.2) is 4.79 Å². The Morgan fingerprint density at radius 3 is 2.39 bits per heavy atom. The van der Waals surface area contributed by atoms with Crippen molar-refractivity contribution in [3.63, 3.8) is 0 Å². The molecule has 0 bridgehead atoms. The lowest BCUT2D eigenvalue weighted by molar-refractivity contribution is -0.153. The van der Waals surface area contributed by atoms with E-state index in [4.69, 9.17) is 14.2 Å². The minimum absolute atomic E-state index is 0.213. The molecule has 178 valence electrons. The Bertz CT molecular complexity index is 966. The fraction of sp³-hybridized carbons (Fsp3) is 0.480. The van der Waals surface area contributed by atoms with Crippen LogP contribution >= 0.6 is 0 Å². The van der Waals surface area contributed by atoms with Gasteiger partial charge in [0.1, 0.15) is 5.72 Å².